The van der Waals surface area contributed by atoms with Crippen molar-refractivity contribution in [3.63, 3.8) is 0 Å². The number of carbonyl (C=O) groups excluding carboxylic acids is 1. The molecule has 0 aliphatic rings. The van der Waals surface area contributed by atoms with E-state index in [1.165, 1.54) is 5.56 Å². The van der Waals surface area contributed by atoms with Gasteiger partial charge in [0.2, 0.25) is 0 Å². The molecule has 18 heavy (non-hydrogen) atoms. The summed E-state index contributed by atoms with van der Waals surface area (Å²) >= 11 is 5.00. The zero-order chi connectivity index (χ0) is 13.1. The van der Waals surface area contributed by atoms with Crippen molar-refractivity contribution in [1.82, 2.24) is 0 Å². The van der Waals surface area contributed by atoms with E-state index in [9.17, 15) is 4.79 Å². The predicted molar refractivity (Wildman–Crippen MR) is 81.3 cm³/mol. The maximum Gasteiger partial charge on any atom is 0.185 e. The molecule has 3 heteroatoms. The Balaban J connectivity index is 2.16. The van der Waals surface area contributed by atoms with Crippen molar-refractivity contribution in [2.45, 2.75) is 13.8 Å². The van der Waals surface area contributed by atoms with Gasteiger partial charge in [-0.25, -0.2) is 0 Å². The third-order valence-corrected chi connectivity index (χ3v) is 4.44. The van der Waals surface area contributed by atoms with Crippen molar-refractivity contribution in [1.29, 1.82) is 0 Å². The van der Waals surface area contributed by atoms with E-state index in [4.69, 9.17) is 0 Å². The largest absolute Gasteiger partial charge is 0.289 e. The second-order valence-electron chi connectivity index (χ2n) is 4.16. The molecule has 0 amide bonds. The molecule has 0 fully saturated rings. The molecule has 0 unspecified atom stereocenters. The Bertz CT molecular complexity index is 611. The van der Waals surface area contributed by atoms with Gasteiger partial charge in [-0.05, 0) is 65.2 Å². The second kappa shape index (κ2) is 5.63. The highest BCUT2D eigenvalue weighted by Gasteiger charge is 2.03. The summed E-state index contributed by atoms with van der Waals surface area (Å²) in [5.41, 5.74) is 3.09. The van der Waals surface area contributed by atoms with Gasteiger partial charge in [0, 0.05) is 20.3 Å². The highest BCUT2D eigenvalue weighted by Crippen LogP contribution is 2.21. The SMILES string of the molecule is Cc1ccc(C(=O)/C=C/c2cc(Br)cs2)cc1C. The topological polar surface area (TPSA) is 17.1 Å². The molecule has 0 bridgehead atoms. The monoisotopic (exact) mass is 320 g/mol. The summed E-state index contributed by atoms with van der Waals surface area (Å²) in [6, 6.07) is 7.79. The van der Waals surface area contributed by atoms with Crippen LogP contribution >= 0.6 is 27.3 Å². The molecular weight excluding hydrogens is 308 g/mol. The molecule has 0 aliphatic carbocycles. The van der Waals surface area contributed by atoms with Crippen LogP contribution in [0.2, 0.25) is 0 Å². The van der Waals surface area contributed by atoms with Crippen LogP contribution < -0.4 is 0 Å². The minimum Gasteiger partial charge on any atom is -0.289 e. The summed E-state index contributed by atoms with van der Waals surface area (Å²) in [6.45, 7) is 4.06. The Morgan fingerprint density at radius 1 is 1.22 bits per heavy atom. The Morgan fingerprint density at radius 2 is 2.00 bits per heavy atom. The molecule has 0 radical (unpaired) electrons. The fourth-order valence-electron chi connectivity index (χ4n) is 1.56. The summed E-state index contributed by atoms with van der Waals surface area (Å²) < 4.78 is 1.05. The van der Waals surface area contributed by atoms with E-state index in [2.05, 4.69) is 15.9 Å². The predicted octanol–water partition coefficient (Wildman–Crippen LogP) is 5.02. The third-order valence-electron chi connectivity index (χ3n) is 2.78. The fourth-order valence-corrected chi connectivity index (χ4v) is 2.90. The first-order valence-electron chi connectivity index (χ1n) is 5.60. The maximum absolute atomic E-state index is 12.0. The number of aryl methyl sites for hydroxylation is 2. The van der Waals surface area contributed by atoms with E-state index in [0.29, 0.717) is 0 Å². The average molecular weight is 321 g/mol. The average Bonchev–Trinajstić information content (AvgIpc) is 2.75. The normalized spacial score (nSPS) is 11.1. The van der Waals surface area contributed by atoms with Crippen LogP contribution in [0.3, 0.4) is 0 Å². The standard InChI is InChI=1S/C15H13BrOS/c1-10-3-4-12(7-11(10)2)15(17)6-5-14-8-13(16)9-18-14/h3-9H,1-2H3/b6-5+. The zero-order valence-electron chi connectivity index (χ0n) is 10.2. The first kappa shape index (κ1) is 13.2. The number of carbonyl (C=O) groups is 1. The quantitative estimate of drug-likeness (QED) is 0.573. The van der Waals surface area contributed by atoms with Gasteiger partial charge in [0.1, 0.15) is 0 Å². The molecule has 0 spiro atoms. The lowest BCUT2D eigenvalue weighted by molar-refractivity contribution is 0.104. The van der Waals surface area contributed by atoms with E-state index < -0.39 is 0 Å². The van der Waals surface area contributed by atoms with E-state index in [1.54, 1.807) is 17.4 Å². The van der Waals surface area contributed by atoms with Crippen LogP contribution in [0.1, 0.15) is 26.4 Å². The number of thiophene rings is 1. The summed E-state index contributed by atoms with van der Waals surface area (Å²) in [5, 5.41) is 2.00. The lowest BCUT2D eigenvalue weighted by Crippen LogP contribution is -1.95. The summed E-state index contributed by atoms with van der Waals surface area (Å²) in [6.07, 6.45) is 3.48. The van der Waals surface area contributed by atoms with Crippen molar-refractivity contribution in [2.24, 2.45) is 0 Å². The summed E-state index contributed by atoms with van der Waals surface area (Å²) in [7, 11) is 0. The van der Waals surface area contributed by atoms with Crippen LogP contribution in [0.5, 0.6) is 0 Å². The zero-order valence-corrected chi connectivity index (χ0v) is 12.6. The molecule has 0 N–H and O–H groups in total. The van der Waals surface area contributed by atoms with Gasteiger partial charge in [-0.3, -0.25) is 4.79 Å². The Labute approximate surface area is 119 Å². The van der Waals surface area contributed by atoms with Gasteiger partial charge in [-0.1, -0.05) is 12.1 Å². The third kappa shape index (κ3) is 3.18. The van der Waals surface area contributed by atoms with E-state index in [0.717, 1.165) is 20.5 Å². The molecule has 0 atom stereocenters. The highest BCUT2D eigenvalue weighted by molar-refractivity contribution is 9.10. The molecule has 1 aromatic heterocycles. The number of hydrogen-bond donors (Lipinski definition) is 0. The van der Waals surface area contributed by atoms with Crippen LogP contribution in [-0.2, 0) is 0 Å². The van der Waals surface area contributed by atoms with Crippen molar-refractivity contribution < 1.29 is 4.79 Å². The minimum atomic E-state index is 0.0441. The molecule has 2 aromatic rings. The lowest BCUT2D eigenvalue weighted by atomic mass is 10.0. The van der Waals surface area contributed by atoms with Gasteiger partial charge in [-0.15, -0.1) is 11.3 Å². The maximum atomic E-state index is 12.0. The number of ketones is 1. The van der Waals surface area contributed by atoms with Gasteiger partial charge in [0.15, 0.2) is 5.78 Å². The van der Waals surface area contributed by atoms with Crippen LogP contribution in [0, 0.1) is 13.8 Å². The van der Waals surface area contributed by atoms with E-state index >= 15 is 0 Å². The smallest absolute Gasteiger partial charge is 0.185 e. The molecule has 1 nitrogen and oxygen atoms in total. The Kier molecular flexibility index (Phi) is 4.15. The van der Waals surface area contributed by atoms with E-state index in [-0.39, 0.29) is 5.78 Å². The molecule has 1 aromatic carbocycles. The van der Waals surface area contributed by atoms with Gasteiger partial charge in [-0.2, -0.15) is 0 Å². The molecular formula is C15H13BrOS. The van der Waals surface area contributed by atoms with Crippen LogP contribution in [0.25, 0.3) is 6.08 Å². The molecule has 2 rings (SSSR count). The summed E-state index contributed by atoms with van der Waals surface area (Å²) in [5.74, 6) is 0.0441. The van der Waals surface area contributed by atoms with Crippen molar-refractivity contribution in [3.05, 3.63) is 61.8 Å². The van der Waals surface area contributed by atoms with Gasteiger partial charge in [0.25, 0.3) is 0 Å². The van der Waals surface area contributed by atoms with E-state index in [1.807, 2.05) is 49.6 Å². The number of benzene rings is 1. The van der Waals surface area contributed by atoms with Gasteiger partial charge < -0.3 is 0 Å². The Morgan fingerprint density at radius 3 is 2.61 bits per heavy atom. The molecule has 0 saturated carbocycles. The first-order valence-corrected chi connectivity index (χ1v) is 7.27. The minimum absolute atomic E-state index is 0.0441. The van der Waals surface area contributed by atoms with Crippen molar-refractivity contribution in [3.8, 4) is 0 Å². The molecule has 92 valence electrons. The highest BCUT2D eigenvalue weighted by atomic mass is 79.9. The van der Waals surface area contributed by atoms with Crippen LogP contribution in [-0.4, -0.2) is 5.78 Å². The molecule has 0 aliphatic heterocycles. The Hall–Kier alpha value is -1.19. The van der Waals surface area contributed by atoms with Crippen LogP contribution in [0.15, 0.2) is 40.2 Å². The molecule has 1 heterocycles. The second-order valence-corrected chi connectivity index (χ2v) is 6.02. The first-order chi connectivity index (χ1) is 8.56. The fraction of sp³-hybridized carbons (Fsp3) is 0.133. The van der Waals surface area contributed by atoms with Crippen LogP contribution in [0.4, 0.5) is 0 Å². The number of rotatable bonds is 3. The van der Waals surface area contributed by atoms with Crippen molar-refractivity contribution in [2.75, 3.05) is 0 Å². The van der Waals surface area contributed by atoms with Gasteiger partial charge >= 0.3 is 0 Å². The lowest BCUT2D eigenvalue weighted by Gasteiger charge is -2.01. The summed E-state index contributed by atoms with van der Waals surface area (Å²) in [4.78, 5) is 13.1. The number of hydrogen-bond acceptors (Lipinski definition) is 2. The number of allylic oxidation sites excluding steroid dienone is 1. The van der Waals surface area contributed by atoms with Crippen molar-refractivity contribution >= 4 is 39.1 Å². The van der Waals surface area contributed by atoms with Gasteiger partial charge in [0.05, 0.1) is 0 Å². The molecule has 0 saturated heterocycles. The number of halogens is 1.